The van der Waals surface area contributed by atoms with Gasteiger partial charge in [0.2, 0.25) is 0 Å². The maximum Gasteiger partial charge on any atom is 0.172 e. The molecule has 0 spiro atoms. The van der Waals surface area contributed by atoms with Crippen molar-refractivity contribution in [3.8, 4) is 0 Å². The molecule has 0 aromatic carbocycles. The van der Waals surface area contributed by atoms with Crippen molar-refractivity contribution < 1.29 is 4.79 Å². The third-order valence-electron chi connectivity index (χ3n) is 3.88. The highest BCUT2D eigenvalue weighted by molar-refractivity contribution is 7.12. The standard InChI is InChI=1S/C15H24N2OS/c1-2-17(13-7-9-16-10-8-13)11-3-5-14(18)15-6-4-12-19-15/h4,6,12-13,16H,2-3,5,7-11H2,1H3. The fourth-order valence-corrected chi connectivity index (χ4v) is 3.47. The van der Waals surface area contributed by atoms with Gasteiger partial charge in [-0.2, -0.15) is 0 Å². The number of nitrogens with one attached hydrogen (secondary N) is 1. The molecule has 2 rings (SSSR count). The molecule has 19 heavy (non-hydrogen) atoms. The molecule has 1 N–H and O–H groups in total. The molecule has 3 nitrogen and oxygen atoms in total. The zero-order chi connectivity index (χ0) is 13.5. The number of Topliss-reactive ketones (excluding diaryl/α,β-unsaturated/α-hetero) is 1. The number of carbonyl (C=O) groups is 1. The van der Waals surface area contributed by atoms with Crippen molar-refractivity contribution >= 4 is 17.1 Å². The average molecular weight is 280 g/mol. The van der Waals surface area contributed by atoms with Crippen LogP contribution < -0.4 is 5.32 Å². The summed E-state index contributed by atoms with van der Waals surface area (Å²) >= 11 is 1.55. The molecule has 0 amide bonds. The molecular weight excluding hydrogens is 256 g/mol. The summed E-state index contributed by atoms with van der Waals surface area (Å²) in [4.78, 5) is 15.4. The van der Waals surface area contributed by atoms with Crippen molar-refractivity contribution in [3.63, 3.8) is 0 Å². The third-order valence-corrected chi connectivity index (χ3v) is 4.79. The Labute approximate surface area is 120 Å². The summed E-state index contributed by atoms with van der Waals surface area (Å²) in [6.07, 6.45) is 4.15. The van der Waals surface area contributed by atoms with E-state index in [1.54, 1.807) is 11.3 Å². The minimum absolute atomic E-state index is 0.302. The topological polar surface area (TPSA) is 32.3 Å². The minimum Gasteiger partial charge on any atom is -0.317 e. The molecule has 1 aromatic rings. The summed E-state index contributed by atoms with van der Waals surface area (Å²) in [6, 6.07) is 4.59. The second kappa shape index (κ2) is 7.78. The number of hydrogen-bond donors (Lipinski definition) is 1. The molecule has 106 valence electrons. The lowest BCUT2D eigenvalue weighted by atomic mass is 10.0. The van der Waals surface area contributed by atoms with E-state index >= 15 is 0 Å². The van der Waals surface area contributed by atoms with Gasteiger partial charge >= 0.3 is 0 Å². The van der Waals surface area contributed by atoms with Gasteiger partial charge in [-0.1, -0.05) is 13.0 Å². The van der Waals surface area contributed by atoms with Crippen LogP contribution >= 0.6 is 11.3 Å². The molecule has 1 aliphatic rings. The number of thiophene rings is 1. The number of piperidine rings is 1. The Hall–Kier alpha value is -0.710. The molecule has 0 aliphatic carbocycles. The van der Waals surface area contributed by atoms with Crippen LogP contribution in [0.1, 0.15) is 42.3 Å². The molecule has 0 atom stereocenters. The quantitative estimate of drug-likeness (QED) is 0.780. The first-order valence-electron chi connectivity index (χ1n) is 7.32. The average Bonchev–Trinajstić information content (AvgIpc) is 2.98. The maximum atomic E-state index is 11.9. The van der Waals surface area contributed by atoms with Gasteiger partial charge in [-0.15, -0.1) is 11.3 Å². The summed E-state index contributed by atoms with van der Waals surface area (Å²) in [5.74, 6) is 0.302. The molecule has 0 saturated carbocycles. The Bertz CT molecular complexity index is 372. The van der Waals surface area contributed by atoms with Gasteiger partial charge in [0.1, 0.15) is 0 Å². The molecule has 1 fully saturated rings. The Balaban J connectivity index is 1.72. The van der Waals surface area contributed by atoms with Crippen LogP contribution in [0.3, 0.4) is 0 Å². The molecule has 2 heterocycles. The fourth-order valence-electron chi connectivity index (χ4n) is 2.77. The lowest BCUT2D eigenvalue weighted by Crippen LogP contribution is -2.43. The van der Waals surface area contributed by atoms with Gasteiger partial charge in [0.05, 0.1) is 4.88 Å². The van der Waals surface area contributed by atoms with E-state index in [0.29, 0.717) is 18.2 Å². The SMILES string of the molecule is CCN(CCCC(=O)c1cccs1)C1CCNCC1. The van der Waals surface area contributed by atoms with E-state index in [2.05, 4.69) is 17.1 Å². The van der Waals surface area contributed by atoms with Gasteiger partial charge in [-0.25, -0.2) is 0 Å². The highest BCUT2D eigenvalue weighted by Crippen LogP contribution is 2.15. The number of nitrogens with zero attached hydrogens (tertiary/aromatic N) is 1. The minimum atomic E-state index is 0.302. The van der Waals surface area contributed by atoms with E-state index in [0.717, 1.165) is 37.5 Å². The van der Waals surface area contributed by atoms with Crippen molar-refractivity contribution in [2.24, 2.45) is 0 Å². The van der Waals surface area contributed by atoms with Crippen LogP contribution in [0.4, 0.5) is 0 Å². The number of carbonyl (C=O) groups excluding carboxylic acids is 1. The van der Waals surface area contributed by atoms with Crippen molar-refractivity contribution in [2.75, 3.05) is 26.2 Å². The normalized spacial score (nSPS) is 16.9. The molecule has 0 unspecified atom stereocenters. The lowest BCUT2D eigenvalue weighted by molar-refractivity contribution is 0.0971. The highest BCUT2D eigenvalue weighted by Gasteiger charge is 2.19. The van der Waals surface area contributed by atoms with E-state index < -0.39 is 0 Å². The van der Waals surface area contributed by atoms with Crippen LogP contribution in [-0.2, 0) is 0 Å². The summed E-state index contributed by atoms with van der Waals surface area (Å²) in [6.45, 7) is 6.64. The molecule has 0 bridgehead atoms. The van der Waals surface area contributed by atoms with E-state index in [1.807, 2.05) is 17.5 Å². The molecule has 1 aliphatic heterocycles. The smallest absolute Gasteiger partial charge is 0.172 e. The van der Waals surface area contributed by atoms with Crippen LogP contribution in [0.15, 0.2) is 17.5 Å². The van der Waals surface area contributed by atoms with E-state index in [4.69, 9.17) is 0 Å². The first-order valence-corrected chi connectivity index (χ1v) is 8.20. The van der Waals surface area contributed by atoms with Crippen LogP contribution in [0, 0.1) is 0 Å². The lowest BCUT2D eigenvalue weighted by Gasteiger charge is -2.33. The second-order valence-corrected chi connectivity index (χ2v) is 6.06. The molecule has 0 radical (unpaired) electrons. The maximum absolute atomic E-state index is 11.9. The van der Waals surface area contributed by atoms with Gasteiger partial charge < -0.3 is 10.2 Å². The number of rotatable bonds is 7. The Morgan fingerprint density at radius 3 is 2.89 bits per heavy atom. The van der Waals surface area contributed by atoms with Crippen molar-refractivity contribution in [1.29, 1.82) is 0 Å². The number of hydrogen-bond acceptors (Lipinski definition) is 4. The summed E-state index contributed by atoms with van der Waals surface area (Å²) in [7, 11) is 0. The van der Waals surface area contributed by atoms with Crippen LogP contribution in [0.5, 0.6) is 0 Å². The first-order chi connectivity index (χ1) is 9.31. The van der Waals surface area contributed by atoms with Gasteiger partial charge in [0, 0.05) is 12.5 Å². The molecule has 1 aromatic heterocycles. The summed E-state index contributed by atoms with van der Waals surface area (Å²) < 4.78 is 0. The molecular formula is C15H24N2OS. The highest BCUT2D eigenvalue weighted by atomic mass is 32.1. The zero-order valence-corrected chi connectivity index (χ0v) is 12.5. The third kappa shape index (κ3) is 4.41. The van der Waals surface area contributed by atoms with Gasteiger partial charge in [0.15, 0.2) is 5.78 Å². The van der Waals surface area contributed by atoms with Crippen LogP contribution in [0.25, 0.3) is 0 Å². The van der Waals surface area contributed by atoms with Gasteiger partial charge in [-0.05, 0) is 56.9 Å². The summed E-state index contributed by atoms with van der Waals surface area (Å²) in [5, 5.41) is 5.38. The van der Waals surface area contributed by atoms with E-state index in [-0.39, 0.29) is 0 Å². The molecule has 1 saturated heterocycles. The van der Waals surface area contributed by atoms with Crippen LogP contribution in [-0.4, -0.2) is 42.9 Å². The number of ketones is 1. The zero-order valence-electron chi connectivity index (χ0n) is 11.7. The summed E-state index contributed by atoms with van der Waals surface area (Å²) in [5.41, 5.74) is 0. The first kappa shape index (κ1) is 14.7. The monoisotopic (exact) mass is 280 g/mol. The second-order valence-electron chi connectivity index (χ2n) is 5.11. The Morgan fingerprint density at radius 1 is 1.47 bits per heavy atom. The van der Waals surface area contributed by atoms with Crippen molar-refractivity contribution in [3.05, 3.63) is 22.4 Å². The van der Waals surface area contributed by atoms with Gasteiger partial charge in [-0.3, -0.25) is 4.79 Å². The predicted octanol–water partition coefficient (Wildman–Crippen LogP) is 2.78. The van der Waals surface area contributed by atoms with Crippen LogP contribution in [0.2, 0.25) is 0 Å². The fraction of sp³-hybridized carbons (Fsp3) is 0.667. The van der Waals surface area contributed by atoms with Gasteiger partial charge in [0.25, 0.3) is 0 Å². The van der Waals surface area contributed by atoms with E-state index in [1.165, 1.54) is 12.8 Å². The Kier molecular flexibility index (Phi) is 6.01. The van der Waals surface area contributed by atoms with Crippen molar-refractivity contribution in [1.82, 2.24) is 10.2 Å². The van der Waals surface area contributed by atoms with Crippen molar-refractivity contribution in [2.45, 2.75) is 38.6 Å². The molecule has 4 heteroatoms. The predicted molar refractivity (Wildman–Crippen MR) is 81.0 cm³/mol. The Morgan fingerprint density at radius 2 is 2.26 bits per heavy atom. The largest absolute Gasteiger partial charge is 0.317 e. The van der Waals surface area contributed by atoms with E-state index in [9.17, 15) is 4.79 Å².